The molecular weight excluding hydrogens is 324 g/mol. The molecule has 1 fully saturated rings. The van der Waals surface area contributed by atoms with E-state index in [1.54, 1.807) is 11.8 Å². The van der Waals surface area contributed by atoms with E-state index in [2.05, 4.69) is 52.9 Å². The Hall–Kier alpha value is -1.32. The summed E-state index contributed by atoms with van der Waals surface area (Å²) >= 11 is 8.27. The van der Waals surface area contributed by atoms with Crippen molar-refractivity contribution in [1.82, 2.24) is 0 Å². The summed E-state index contributed by atoms with van der Waals surface area (Å²) in [6.07, 6.45) is 5.97. The number of thioether (sulfide) groups is 1. The molecule has 4 heteroatoms. The van der Waals surface area contributed by atoms with Crippen LogP contribution in [0.1, 0.15) is 24.8 Å². The number of piperidine rings is 1. The second-order valence-corrected chi connectivity index (χ2v) is 7.20. The fraction of sp³-hybridized carbons (Fsp3) is 0.368. The van der Waals surface area contributed by atoms with Gasteiger partial charge >= 0.3 is 0 Å². The third kappa shape index (κ3) is 4.36. The Morgan fingerprint density at radius 3 is 2.43 bits per heavy atom. The minimum Gasteiger partial charge on any atom is -0.381 e. The van der Waals surface area contributed by atoms with Gasteiger partial charge in [0.2, 0.25) is 0 Å². The summed E-state index contributed by atoms with van der Waals surface area (Å²) < 4.78 is 0. The number of anilines is 2. The van der Waals surface area contributed by atoms with Crippen LogP contribution in [-0.2, 0) is 6.54 Å². The van der Waals surface area contributed by atoms with Gasteiger partial charge in [-0.2, -0.15) is 0 Å². The molecule has 0 saturated carbocycles. The van der Waals surface area contributed by atoms with Gasteiger partial charge in [0.15, 0.2) is 0 Å². The van der Waals surface area contributed by atoms with Crippen LogP contribution in [0.25, 0.3) is 0 Å². The maximum absolute atomic E-state index is 6.50. The summed E-state index contributed by atoms with van der Waals surface area (Å²) in [4.78, 5) is 3.69. The topological polar surface area (TPSA) is 15.3 Å². The van der Waals surface area contributed by atoms with Crippen molar-refractivity contribution in [3.8, 4) is 0 Å². The third-order valence-electron chi connectivity index (χ3n) is 4.30. The van der Waals surface area contributed by atoms with Crippen LogP contribution in [0.15, 0.2) is 47.4 Å². The van der Waals surface area contributed by atoms with E-state index in [9.17, 15) is 0 Å². The predicted octanol–water partition coefficient (Wildman–Crippen LogP) is 5.66. The van der Waals surface area contributed by atoms with Crippen LogP contribution in [-0.4, -0.2) is 19.3 Å². The number of nitrogens with zero attached hydrogens (tertiary/aromatic N) is 1. The molecule has 23 heavy (non-hydrogen) atoms. The Morgan fingerprint density at radius 2 is 1.78 bits per heavy atom. The average molecular weight is 347 g/mol. The predicted molar refractivity (Wildman–Crippen MR) is 103 cm³/mol. The molecule has 0 bridgehead atoms. The van der Waals surface area contributed by atoms with Gasteiger partial charge in [-0.1, -0.05) is 23.7 Å². The summed E-state index contributed by atoms with van der Waals surface area (Å²) in [5.74, 6) is 0. The SMILES string of the molecule is CSc1ccc(CNc2ccc(N3CCCCC3)c(Cl)c2)cc1. The molecule has 0 spiro atoms. The molecule has 1 aliphatic rings. The van der Waals surface area contributed by atoms with Crippen molar-refractivity contribution < 1.29 is 0 Å². The first-order chi connectivity index (χ1) is 11.3. The van der Waals surface area contributed by atoms with Crippen molar-refractivity contribution in [2.45, 2.75) is 30.7 Å². The lowest BCUT2D eigenvalue weighted by molar-refractivity contribution is 0.578. The maximum Gasteiger partial charge on any atom is 0.0660 e. The highest BCUT2D eigenvalue weighted by molar-refractivity contribution is 7.98. The summed E-state index contributed by atoms with van der Waals surface area (Å²) in [5.41, 5.74) is 3.52. The van der Waals surface area contributed by atoms with Gasteiger partial charge in [0.05, 0.1) is 10.7 Å². The number of halogens is 1. The molecule has 2 aromatic carbocycles. The van der Waals surface area contributed by atoms with Crippen molar-refractivity contribution in [2.24, 2.45) is 0 Å². The molecule has 0 unspecified atom stereocenters. The largest absolute Gasteiger partial charge is 0.381 e. The zero-order valence-corrected chi connectivity index (χ0v) is 15.1. The molecular formula is C19H23ClN2S. The Morgan fingerprint density at radius 1 is 1.04 bits per heavy atom. The summed E-state index contributed by atoms with van der Waals surface area (Å²) in [6, 6.07) is 15.0. The quantitative estimate of drug-likeness (QED) is 0.703. The van der Waals surface area contributed by atoms with E-state index < -0.39 is 0 Å². The van der Waals surface area contributed by atoms with Gasteiger partial charge in [-0.3, -0.25) is 0 Å². The zero-order chi connectivity index (χ0) is 16.1. The van der Waals surface area contributed by atoms with Crippen LogP contribution in [0.5, 0.6) is 0 Å². The van der Waals surface area contributed by atoms with Gasteiger partial charge in [0, 0.05) is 30.2 Å². The number of nitrogens with one attached hydrogen (secondary N) is 1. The minimum absolute atomic E-state index is 0.814. The summed E-state index contributed by atoms with van der Waals surface area (Å²) in [6.45, 7) is 3.05. The number of rotatable bonds is 5. The van der Waals surface area contributed by atoms with E-state index >= 15 is 0 Å². The van der Waals surface area contributed by atoms with Crippen LogP contribution < -0.4 is 10.2 Å². The number of benzene rings is 2. The van der Waals surface area contributed by atoms with Crippen molar-refractivity contribution in [3.05, 3.63) is 53.1 Å². The lowest BCUT2D eigenvalue weighted by Crippen LogP contribution is -2.29. The molecule has 2 nitrogen and oxygen atoms in total. The smallest absolute Gasteiger partial charge is 0.0660 e. The highest BCUT2D eigenvalue weighted by Crippen LogP contribution is 2.31. The van der Waals surface area contributed by atoms with Crippen LogP contribution in [0.3, 0.4) is 0 Å². The van der Waals surface area contributed by atoms with E-state index in [1.807, 2.05) is 6.07 Å². The molecule has 0 radical (unpaired) electrons. The first-order valence-electron chi connectivity index (χ1n) is 8.17. The van der Waals surface area contributed by atoms with Gasteiger partial charge in [0.1, 0.15) is 0 Å². The summed E-state index contributed by atoms with van der Waals surface area (Å²) in [5, 5.41) is 4.30. The van der Waals surface area contributed by atoms with E-state index in [0.29, 0.717) is 0 Å². The Bertz CT molecular complexity index is 636. The molecule has 1 N–H and O–H groups in total. The van der Waals surface area contributed by atoms with Crippen molar-refractivity contribution >= 4 is 34.7 Å². The molecule has 1 aliphatic heterocycles. The van der Waals surface area contributed by atoms with E-state index in [1.165, 1.54) is 35.4 Å². The Kier molecular flexibility index (Phi) is 5.74. The van der Waals surface area contributed by atoms with E-state index in [4.69, 9.17) is 11.6 Å². The second kappa shape index (κ2) is 7.98. The monoisotopic (exact) mass is 346 g/mol. The molecule has 0 aliphatic carbocycles. The van der Waals surface area contributed by atoms with E-state index in [0.717, 1.165) is 30.3 Å². The summed E-state index contributed by atoms with van der Waals surface area (Å²) in [7, 11) is 0. The van der Waals surface area contributed by atoms with Crippen LogP contribution in [0.4, 0.5) is 11.4 Å². The van der Waals surface area contributed by atoms with Crippen LogP contribution >= 0.6 is 23.4 Å². The maximum atomic E-state index is 6.50. The molecule has 1 saturated heterocycles. The first kappa shape index (κ1) is 16.5. The van der Waals surface area contributed by atoms with Crippen molar-refractivity contribution in [2.75, 3.05) is 29.6 Å². The lowest BCUT2D eigenvalue weighted by Gasteiger charge is -2.29. The molecule has 3 rings (SSSR count). The van der Waals surface area contributed by atoms with Gasteiger partial charge in [-0.05, 0) is 61.4 Å². The Balaban J connectivity index is 1.62. The van der Waals surface area contributed by atoms with Crippen molar-refractivity contribution in [3.63, 3.8) is 0 Å². The van der Waals surface area contributed by atoms with Crippen molar-refractivity contribution in [1.29, 1.82) is 0 Å². The minimum atomic E-state index is 0.814. The fourth-order valence-electron chi connectivity index (χ4n) is 2.96. The van der Waals surface area contributed by atoms with Crippen LogP contribution in [0, 0.1) is 0 Å². The van der Waals surface area contributed by atoms with Gasteiger partial charge in [0.25, 0.3) is 0 Å². The highest BCUT2D eigenvalue weighted by atomic mass is 35.5. The second-order valence-electron chi connectivity index (χ2n) is 5.92. The number of hydrogen-bond acceptors (Lipinski definition) is 3. The Labute approximate surface area is 148 Å². The molecule has 1 heterocycles. The zero-order valence-electron chi connectivity index (χ0n) is 13.5. The standard InChI is InChI=1S/C19H23ClN2S/c1-23-17-8-5-15(6-9-17)14-21-16-7-10-19(18(20)13-16)22-11-3-2-4-12-22/h5-10,13,21H,2-4,11-12,14H2,1H3. The fourth-order valence-corrected chi connectivity index (χ4v) is 3.66. The first-order valence-corrected chi connectivity index (χ1v) is 9.78. The molecule has 0 atom stereocenters. The molecule has 122 valence electrons. The number of hydrogen-bond donors (Lipinski definition) is 1. The average Bonchev–Trinajstić information content (AvgIpc) is 2.61. The molecule has 0 amide bonds. The van der Waals surface area contributed by atoms with Gasteiger partial charge < -0.3 is 10.2 Å². The van der Waals surface area contributed by atoms with Gasteiger partial charge in [-0.25, -0.2) is 0 Å². The molecule has 2 aromatic rings. The highest BCUT2D eigenvalue weighted by Gasteiger charge is 2.13. The normalized spacial score (nSPS) is 14.8. The van der Waals surface area contributed by atoms with E-state index in [-0.39, 0.29) is 0 Å². The van der Waals surface area contributed by atoms with Crippen LogP contribution in [0.2, 0.25) is 5.02 Å². The molecule has 0 aromatic heterocycles. The lowest BCUT2D eigenvalue weighted by atomic mass is 10.1. The van der Waals surface area contributed by atoms with Gasteiger partial charge in [-0.15, -0.1) is 11.8 Å². The third-order valence-corrected chi connectivity index (χ3v) is 5.35.